The lowest BCUT2D eigenvalue weighted by Crippen LogP contribution is -1.96. The molecule has 2 N–H and O–H groups in total. The third-order valence-electron chi connectivity index (χ3n) is 1.42. The smallest absolute Gasteiger partial charge is 0.212 e. The van der Waals surface area contributed by atoms with Gasteiger partial charge in [0.1, 0.15) is 5.82 Å². The number of aromatic nitrogens is 1. The van der Waals surface area contributed by atoms with Crippen molar-refractivity contribution >= 4 is 12.2 Å². The number of amides is 1. The fourth-order valence-corrected chi connectivity index (χ4v) is 0.890. The summed E-state index contributed by atoms with van der Waals surface area (Å²) in [5.41, 5.74) is 1.13. The Labute approximate surface area is 59.4 Å². The van der Waals surface area contributed by atoms with Gasteiger partial charge in [-0.05, 0) is 18.1 Å². The topological polar surface area (TPSA) is 44.9 Å². The van der Waals surface area contributed by atoms with Crippen molar-refractivity contribution in [2.75, 3.05) is 5.32 Å². The van der Waals surface area contributed by atoms with Gasteiger partial charge in [-0.15, -0.1) is 0 Å². The standard InChI is InChI=1S/C7H10N2O/c1-2-6-3-4-8-7(6)9-5-10/h3-5,8H,2H2,1H3,(H,9,10). The molecule has 1 heterocycles. The van der Waals surface area contributed by atoms with Gasteiger partial charge in [0.15, 0.2) is 0 Å². The molecule has 0 aliphatic rings. The van der Waals surface area contributed by atoms with Crippen LogP contribution in [-0.4, -0.2) is 11.4 Å². The third-order valence-corrected chi connectivity index (χ3v) is 1.42. The fraction of sp³-hybridized carbons (Fsp3) is 0.286. The van der Waals surface area contributed by atoms with Crippen LogP contribution < -0.4 is 5.32 Å². The van der Waals surface area contributed by atoms with Gasteiger partial charge >= 0.3 is 0 Å². The van der Waals surface area contributed by atoms with Crippen LogP contribution in [0.4, 0.5) is 5.82 Å². The van der Waals surface area contributed by atoms with Crippen LogP contribution in [0.25, 0.3) is 0 Å². The normalized spacial score (nSPS) is 9.30. The minimum absolute atomic E-state index is 0.672. The van der Waals surface area contributed by atoms with Gasteiger partial charge in [-0.25, -0.2) is 0 Å². The number of aromatic amines is 1. The molecule has 0 unspecified atom stereocenters. The van der Waals surface area contributed by atoms with Crippen molar-refractivity contribution in [2.24, 2.45) is 0 Å². The molecule has 0 saturated heterocycles. The lowest BCUT2D eigenvalue weighted by molar-refractivity contribution is -0.105. The number of hydrogen-bond acceptors (Lipinski definition) is 1. The minimum atomic E-state index is 0.672. The van der Waals surface area contributed by atoms with Crippen LogP contribution in [0.15, 0.2) is 12.3 Å². The first-order valence-corrected chi connectivity index (χ1v) is 3.25. The van der Waals surface area contributed by atoms with E-state index < -0.39 is 0 Å². The van der Waals surface area contributed by atoms with E-state index in [1.807, 2.05) is 19.2 Å². The van der Waals surface area contributed by atoms with Crippen molar-refractivity contribution in [1.29, 1.82) is 0 Å². The Morgan fingerprint density at radius 3 is 3.20 bits per heavy atom. The van der Waals surface area contributed by atoms with E-state index >= 15 is 0 Å². The largest absolute Gasteiger partial charge is 0.348 e. The number of anilines is 1. The Morgan fingerprint density at radius 1 is 1.80 bits per heavy atom. The van der Waals surface area contributed by atoms with Gasteiger partial charge in [0.25, 0.3) is 0 Å². The van der Waals surface area contributed by atoms with Crippen molar-refractivity contribution in [3.8, 4) is 0 Å². The second kappa shape index (κ2) is 3.06. The Hall–Kier alpha value is -1.25. The Balaban J connectivity index is 2.79. The SMILES string of the molecule is CCc1cc[nH]c1NC=O. The Kier molecular flexibility index (Phi) is 2.10. The highest BCUT2D eigenvalue weighted by molar-refractivity contribution is 5.70. The molecule has 0 bridgehead atoms. The molecule has 0 aromatic carbocycles. The number of H-pyrrole nitrogens is 1. The Bertz CT molecular complexity index is 217. The van der Waals surface area contributed by atoms with Crippen LogP contribution in [0.1, 0.15) is 12.5 Å². The van der Waals surface area contributed by atoms with E-state index in [9.17, 15) is 4.79 Å². The van der Waals surface area contributed by atoms with Crippen LogP contribution in [0.5, 0.6) is 0 Å². The maximum absolute atomic E-state index is 10.0. The molecule has 0 radical (unpaired) electrons. The molecule has 0 aliphatic heterocycles. The fourth-order valence-electron chi connectivity index (χ4n) is 0.890. The Morgan fingerprint density at radius 2 is 2.60 bits per heavy atom. The number of nitrogens with one attached hydrogen (secondary N) is 2. The van der Waals surface area contributed by atoms with Gasteiger partial charge in [-0.1, -0.05) is 6.92 Å². The predicted molar refractivity (Wildman–Crippen MR) is 39.9 cm³/mol. The van der Waals surface area contributed by atoms with Crippen molar-refractivity contribution in [3.63, 3.8) is 0 Å². The molecule has 1 aromatic heterocycles. The summed E-state index contributed by atoms with van der Waals surface area (Å²) < 4.78 is 0. The van der Waals surface area contributed by atoms with Gasteiger partial charge in [0, 0.05) is 6.20 Å². The first-order chi connectivity index (χ1) is 4.88. The molecule has 0 atom stereocenters. The zero-order valence-corrected chi connectivity index (χ0v) is 5.85. The van der Waals surface area contributed by atoms with Gasteiger partial charge in [-0.3, -0.25) is 4.79 Å². The first kappa shape index (κ1) is 6.86. The summed E-state index contributed by atoms with van der Waals surface area (Å²) in [6.45, 7) is 2.04. The number of aryl methyl sites for hydroxylation is 1. The van der Waals surface area contributed by atoms with Gasteiger partial charge in [-0.2, -0.15) is 0 Å². The highest BCUT2D eigenvalue weighted by atomic mass is 16.1. The van der Waals surface area contributed by atoms with Gasteiger partial charge in [0.05, 0.1) is 0 Å². The zero-order chi connectivity index (χ0) is 7.40. The van der Waals surface area contributed by atoms with Crippen molar-refractivity contribution < 1.29 is 4.79 Å². The molecule has 0 fully saturated rings. The average molecular weight is 138 g/mol. The molecule has 0 saturated carbocycles. The van der Waals surface area contributed by atoms with Crippen molar-refractivity contribution in [1.82, 2.24) is 4.98 Å². The molecule has 1 amide bonds. The van der Waals surface area contributed by atoms with Crippen LogP contribution in [0.3, 0.4) is 0 Å². The molecule has 3 nitrogen and oxygen atoms in total. The molecule has 1 rings (SSSR count). The van der Waals surface area contributed by atoms with Crippen molar-refractivity contribution in [2.45, 2.75) is 13.3 Å². The lowest BCUT2D eigenvalue weighted by Gasteiger charge is -1.96. The van der Waals surface area contributed by atoms with E-state index in [4.69, 9.17) is 0 Å². The molecule has 1 aromatic rings. The zero-order valence-electron chi connectivity index (χ0n) is 5.85. The molecule has 10 heavy (non-hydrogen) atoms. The van der Waals surface area contributed by atoms with E-state index in [2.05, 4.69) is 10.3 Å². The first-order valence-electron chi connectivity index (χ1n) is 3.25. The lowest BCUT2D eigenvalue weighted by atomic mass is 10.2. The summed E-state index contributed by atoms with van der Waals surface area (Å²) in [7, 11) is 0. The molecular formula is C7H10N2O. The molecule has 3 heteroatoms. The van der Waals surface area contributed by atoms with E-state index in [1.54, 1.807) is 0 Å². The number of carbonyl (C=O) groups is 1. The van der Waals surface area contributed by atoms with Crippen LogP contribution >= 0.6 is 0 Å². The highest BCUT2D eigenvalue weighted by Gasteiger charge is 1.97. The van der Waals surface area contributed by atoms with Crippen LogP contribution in [-0.2, 0) is 11.2 Å². The van der Waals surface area contributed by atoms with Gasteiger partial charge < -0.3 is 10.3 Å². The molecular weight excluding hydrogens is 128 g/mol. The van der Waals surface area contributed by atoms with Gasteiger partial charge in [0.2, 0.25) is 6.41 Å². The van der Waals surface area contributed by atoms with E-state index in [1.165, 1.54) is 0 Å². The quantitative estimate of drug-likeness (QED) is 0.604. The van der Waals surface area contributed by atoms with E-state index in [0.29, 0.717) is 6.41 Å². The summed E-state index contributed by atoms with van der Waals surface area (Å²) in [6, 6.07) is 1.95. The molecule has 54 valence electrons. The number of carbonyl (C=O) groups excluding carboxylic acids is 1. The molecule has 0 spiro atoms. The van der Waals surface area contributed by atoms with Crippen molar-refractivity contribution in [3.05, 3.63) is 17.8 Å². The maximum Gasteiger partial charge on any atom is 0.212 e. The number of rotatable bonds is 3. The summed E-state index contributed by atoms with van der Waals surface area (Å²) in [4.78, 5) is 12.9. The monoisotopic (exact) mass is 138 g/mol. The molecule has 0 aliphatic carbocycles. The van der Waals surface area contributed by atoms with Crippen LogP contribution in [0, 0.1) is 0 Å². The van der Waals surface area contributed by atoms with E-state index in [-0.39, 0.29) is 0 Å². The maximum atomic E-state index is 10.0. The predicted octanol–water partition coefficient (Wildman–Crippen LogP) is 1.15. The summed E-state index contributed by atoms with van der Waals surface area (Å²) in [5, 5.41) is 2.57. The second-order valence-electron chi connectivity index (χ2n) is 1.99. The average Bonchev–Trinajstić information content (AvgIpc) is 2.36. The third kappa shape index (κ3) is 1.18. The second-order valence-corrected chi connectivity index (χ2v) is 1.99. The summed E-state index contributed by atoms with van der Waals surface area (Å²) in [6.07, 6.45) is 3.41. The van der Waals surface area contributed by atoms with Crippen LogP contribution in [0.2, 0.25) is 0 Å². The highest BCUT2D eigenvalue weighted by Crippen LogP contribution is 2.11. The minimum Gasteiger partial charge on any atom is -0.348 e. The van der Waals surface area contributed by atoms with E-state index in [0.717, 1.165) is 17.8 Å². The number of hydrogen-bond donors (Lipinski definition) is 2. The summed E-state index contributed by atoms with van der Waals surface area (Å²) in [5.74, 6) is 0.803. The summed E-state index contributed by atoms with van der Waals surface area (Å²) >= 11 is 0.